The average molecular weight is 410 g/mol. The van der Waals surface area contributed by atoms with Crippen molar-refractivity contribution in [1.29, 1.82) is 0 Å². The lowest BCUT2D eigenvalue weighted by molar-refractivity contribution is -0.170. The summed E-state index contributed by atoms with van der Waals surface area (Å²) in [5.74, 6) is 0.637. The van der Waals surface area contributed by atoms with Crippen molar-refractivity contribution < 1.29 is 19.4 Å². The SMILES string of the molecule is CC1(O)CCOC2(CCN(C(=O)c3ccccc3OCCc3ccccc3)CC2)C1. The van der Waals surface area contributed by atoms with Gasteiger partial charge in [-0.2, -0.15) is 0 Å². The van der Waals surface area contributed by atoms with Crippen molar-refractivity contribution >= 4 is 5.91 Å². The number of carbonyl (C=O) groups excluding carboxylic acids is 1. The number of aliphatic hydroxyl groups is 1. The molecular formula is C25H31NO4. The Bertz CT molecular complexity index is 856. The van der Waals surface area contributed by atoms with Gasteiger partial charge in [0.1, 0.15) is 5.75 Å². The molecule has 0 radical (unpaired) electrons. The standard InChI is InChI=1S/C25H31NO4/c1-24(28)14-18-30-25(19-24)12-15-26(16-13-25)23(27)21-9-5-6-10-22(21)29-17-11-20-7-3-2-4-8-20/h2-10,28H,11-19H2,1H3. The fourth-order valence-corrected chi connectivity index (χ4v) is 4.62. The quantitative estimate of drug-likeness (QED) is 0.815. The fraction of sp³-hybridized carbons (Fsp3) is 0.480. The number of piperidine rings is 1. The Balaban J connectivity index is 1.37. The van der Waals surface area contributed by atoms with E-state index in [1.807, 2.05) is 54.3 Å². The summed E-state index contributed by atoms with van der Waals surface area (Å²) in [6.45, 7) is 4.26. The molecule has 0 bridgehead atoms. The van der Waals surface area contributed by atoms with Crippen LogP contribution in [0.5, 0.6) is 5.75 Å². The number of hydrogen-bond acceptors (Lipinski definition) is 4. The molecule has 5 nitrogen and oxygen atoms in total. The number of rotatable bonds is 5. The van der Waals surface area contributed by atoms with Gasteiger partial charge in [0.2, 0.25) is 0 Å². The molecule has 1 amide bonds. The summed E-state index contributed by atoms with van der Waals surface area (Å²) >= 11 is 0. The first-order valence-corrected chi connectivity index (χ1v) is 10.9. The van der Waals surface area contributed by atoms with Crippen LogP contribution in [0.4, 0.5) is 0 Å². The van der Waals surface area contributed by atoms with Gasteiger partial charge in [-0.1, -0.05) is 42.5 Å². The summed E-state index contributed by atoms with van der Waals surface area (Å²) in [5.41, 5.74) is 0.845. The van der Waals surface area contributed by atoms with Gasteiger partial charge in [0, 0.05) is 25.9 Å². The number of hydrogen-bond donors (Lipinski definition) is 1. The van der Waals surface area contributed by atoms with Crippen molar-refractivity contribution in [1.82, 2.24) is 4.90 Å². The maximum atomic E-state index is 13.2. The van der Waals surface area contributed by atoms with Crippen molar-refractivity contribution in [3.05, 3.63) is 65.7 Å². The van der Waals surface area contributed by atoms with Crippen molar-refractivity contribution in [3.8, 4) is 5.75 Å². The highest BCUT2D eigenvalue weighted by atomic mass is 16.5. The Morgan fingerprint density at radius 1 is 1.07 bits per heavy atom. The molecule has 1 unspecified atom stereocenters. The lowest BCUT2D eigenvalue weighted by Crippen LogP contribution is -2.54. The zero-order valence-corrected chi connectivity index (χ0v) is 17.7. The van der Waals surface area contributed by atoms with Crippen LogP contribution in [-0.2, 0) is 11.2 Å². The molecule has 2 aromatic rings. The average Bonchev–Trinajstić information content (AvgIpc) is 2.74. The molecule has 1 spiro atoms. The predicted octanol–water partition coefficient (Wildman–Crippen LogP) is 3.84. The highest BCUT2D eigenvalue weighted by Gasteiger charge is 2.45. The maximum absolute atomic E-state index is 13.2. The van der Waals surface area contributed by atoms with Gasteiger partial charge in [0.25, 0.3) is 5.91 Å². The van der Waals surface area contributed by atoms with E-state index in [9.17, 15) is 9.90 Å². The Kier molecular flexibility index (Phi) is 6.11. The van der Waals surface area contributed by atoms with E-state index in [2.05, 4.69) is 12.1 Å². The molecule has 2 aromatic carbocycles. The molecule has 2 saturated heterocycles. The lowest BCUT2D eigenvalue weighted by Gasteiger charge is -2.48. The van der Waals surface area contributed by atoms with Crippen molar-refractivity contribution in [2.24, 2.45) is 0 Å². The molecule has 0 aromatic heterocycles. The topological polar surface area (TPSA) is 59.0 Å². The van der Waals surface area contributed by atoms with Gasteiger partial charge in [-0.3, -0.25) is 4.79 Å². The zero-order valence-electron chi connectivity index (χ0n) is 17.7. The summed E-state index contributed by atoms with van der Waals surface area (Å²) < 4.78 is 12.1. The number of ether oxygens (including phenoxy) is 2. The minimum absolute atomic E-state index is 0.00253. The Labute approximate surface area is 178 Å². The van der Waals surface area contributed by atoms with Gasteiger partial charge < -0.3 is 19.5 Å². The summed E-state index contributed by atoms with van der Waals surface area (Å²) in [4.78, 5) is 15.1. The molecule has 160 valence electrons. The van der Waals surface area contributed by atoms with Crippen LogP contribution in [0.25, 0.3) is 0 Å². The molecule has 4 rings (SSSR count). The Hall–Kier alpha value is -2.37. The normalized spacial score (nSPS) is 23.3. The Morgan fingerprint density at radius 2 is 1.77 bits per heavy atom. The van der Waals surface area contributed by atoms with Crippen LogP contribution in [0.15, 0.2) is 54.6 Å². The second-order valence-corrected chi connectivity index (χ2v) is 8.83. The second kappa shape index (κ2) is 8.78. The number of para-hydroxylation sites is 1. The van der Waals surface area contributed by atoms with Gasteiger partial charge in [-0.25, -0.2) is 0 Å². The second-order valence-electron chi connectivity index (χ2n) is 8.83. The number of amides is 1. The van der Waals surface area contributed by atoms with Crippen molar-refractivity contribution in [2.45, 2.75) is 50.2 Å². The molecule has 1 atom stereocenters. The number of benzene rings is 2. The minimum atomic E-state index is -0.677. The summed E-state index contributed by atoms with van der Waals surface area (Å²) in [7, 11) is 0. The first-order valence-electron chi connectivity index (χ1n) is 10.9. The highest BCUT2D eigenvalue weighted by Crippen LogP contribution is 2.39. The van der Waals surface area contributed by atoms with E-state index < -0.39 is 5.60 Å². The van der Waals surface area contributed by atoms with E-state index in [-0.39, 0.29) is 11.5 Å². The Morgan fingerprint density at radius 3 is 2.50 bits per heavy atom. The molecular weight excluding hydrogens is 378 g/mol. The van der Waals surface area contributed by atoms with Gasteiger partial charge in [0.05, 0.1) is 30.0 Å². The van der Waals surface area contributed by atoms with Crippen LogP contribution in [0.1, 0.15) is 48.5 Å². The lowest BCUT2D eigenvalue weighted by atomic mass is 9.78. The molecule has 0 saturated carbocycles. The van der Waals surface area contributed by atoms with E-state index in [4.69, 9.17) is 9.47 Å². The molecule has 2 heterocycles. The van der Waals surface area contributed by atoms with E-state index >= 15 is 0 Å². The zero-order chi connectivity index (χ0) is 21.0. The largest absolute Gasteiger partial charge is 0.492 e. The predicted molar refractivity (Wildman–Crippen MR) is 116 cm³/mol. The van der Waals surface area contributed by atoms with E-state index in [1.165, 1.54) is 5.56 Å². The molecule has 0 aliphatic carbocycles. The van der Waals surface area contributed by atoms with Gasteiger partial charge in [-0.05, 0) is 43.9 Å². The molecule has 5 heteroatoms. The van der Waals surface area contributed by atoms with Crippen molar-refractivity contribution in [2.75, 3.05) is 26.3 Å². The highest BCUT2D eigenvalue weighted by molar-refractivity contribution is 5.97. The van der Waals surface area contributed by atoms with Crippen LogP contribution in [-0.4, -0.2) is 53.4 Å². The van der Waals surface area contributed by atoms with Crippen LogP contribution >= 0.6 is 0 Å². The van der Waals surface area contributed by atoms with E-state index in [0.29, 0.717) is 50.5 Å². The van der Waals surface area contributed by atoms with E-state index in [0.717, 1.165) is 19.3 Å². The third-order valence-corrected chi connectivity index (χ3v) is 6.32. The number of likely N-dealkylation sites (tertiary alicyclic amines) is 1. The number of nitrogens with zero attached hydrogens (tertiary/aromatic N) is 1. The van der Waals surface area contributed by atoms with Gasteiger partial charge in [0.15, 0.2) is 0 Å². The summed E-state index contributed by atoms with van der Waals surface area (Å²) in [5, 5.41) is 10.5. The monoisotopic (exact) mass is 409 g/mol. The molecule has 2 aliphatic heterocycles. The third-order valence-electron chi connectivity index (χ3n) is 6.32. The van der Waals surface area contributed by atoms with Crippen LogP contribution in [0.3, 0.4) is 0 Å². The van der Waals surface area contributed by atoms with Crippen LogP contribution in [0.2, 0.25) is 0 Å². The van der Waals surface area contributed by atoms with E-state index in [1.54, 1.807) is 0 Å². The molecule has 2 fully saturated rings. The fourth-order valence-electron chi connectivity index (χ4n) is 4.62. The summed E-state index contributed by atoms with van der Waals surface area (Å²) in [6, 6.07) is 17.7. The molecule has 30 heavy (non-hydrogen) atoms. The van der Waals surface area contributed by atoms with Crippen LogP contribution < -0.4 is 4.74 Å². The summed E-state index contributed by atoms with van der Waals surface area (Å²) in [6.07, 6.45) is 3.62. The maximum Gasteiger partial charge on any atom is 0.257 e. The smallest absolute Gasteiger partial charge is 0.257 e. The first-order chi connectivity index (χ1) is 14.5. The molecule has 2 aliphatic rings. The molecule has 1 N–H and O–H groups in total. The number of carbonyl (C=O) groups is 1. The third kappa shape index (κ3) is 4.85. The van der Waals surface area contributed by atoms with Crippen molar-refractivity contribution in [3.63, 3.8) is 0 Å². The van der Waals surface area contributed by atoms with Gasteiger partial charge >= 0.3 is 0 Å². The van der Waals surface area contributed by atoms with Gasteiger partial charge in [-0.15, -0.1) is 0 Å². The minimum Gasteiger partial charge on any atom is -0.492 e. The first kappa shape index (κ1) is 20.9. The van der Waals surface area contributed by atoms with Crippen LogP contribution in [0, 0.1) is 0 Å².